The molecule has 1 aromatic rings. The second kappa shape index (κ2) is 6.55. The Bertz CT molecular complexity index is 359. The minimum Gasteiger partial charge on any atom is -0.349 e. The van der Waals surface area contributed by atoms with Crippen molar-refractivity contribution in [2.24, 2.45) is 4.99 Å². The topological polar surface area (TPSA) is 18.8 Å². The number of nitrogens with zero attached hydrogens (tertiary/aromatic N) is 3. The van der Waals surface area contributed by atoms with Crippen molar-refractivity contribution >= 4 is 17.7 Å². The van der Waals surface area contributed by atoms with Crippen LogP contribution in [0.25, 0.3) is 0 Å². The lowest BCUT2D eigenvalue weighted by Gasteiger charge is -2.22. The monoisotopic (exact) mass is 251 g/mol. The average Bonchev–Trinajstić information content (AvgIpc) is 2.29. The van der Waals surface area contributed by atoms with Crippen LogP contribution in [0.15, 0.2) is 34.2 Å². The van der Waals surface area contributed by atoms with Gasteiger partial charge in [-0.3, -0.25) is 0 Å². The molecule has 94 valence electrons. The molecule has 0 saturated carbocycles. The molecule has 0 spiro atoms. The molecular formula is C13H21N3S. The fraction of sp³-hybridized carbons (Fsp3) is 0.462. The van der Waals surface area contributed by atoms with Gasteiger partial charge in [0.25, 0.3) is 0 Å². The zero-order chi connectivity index (χ0) is 12.8. The predicted molar refractivity (Wildman–Crippen MR) is 76.7 cm³/mol. The zero-order valence-electron chi connectivity index (χ0n) is 11.3. The van der Waals surface area contributed by atoms with Crippen molar-refractivity contribution in [3.63, 3.8) is 0 Å². The molecule has 1 aromatic carbocycles. The van der Waals surface area contributed by atoms with Crippen molar-refractivity contribution in [2.75, 3.05) is 34.4 Å². The first-order chi connectivity index (χ1) is 8.04. The molecule has 0 atom stereocenters. The van der Waals surface area contributed by atoms with Gasteiger partial charge in [0.05, 0.1) is 6.54 Å². The second-order valence-corrected chi connectivity index (χ2v) is 5.13. The van der Waals surface area contributed by atoms with Crippen LogP contribution in [-0.2, 0) is 6.54 Å². The van der Waals surface area contributed by atoms with Gasteiger partial charge in [-0.1, -0.05) is 12.1 Å². The van der Waals surface area contributed by atoms with Gasteiger partial charge in [0.2, 0.25) is 0 Å². The van der Waals surface area contributed by atoms with E-state index in [2.05, 4.69) is 35.5 Å². The van der Waals surface area contributed by atoms with E-state index >= 15 is 0 Å². The van der Waals surface area contributed by atoms with Crippen LogP contribution in [0.5, 0.6) is 0 Å². The van der Waals surface area contributed by atoms with Crippen molar-refractivity contribution in [1.82, 2.24) is 9.80 Å². The molecule has 0 fully saturated rings. The minimum atomic E-state index is 0.723. The van der Waals surface area contributed by atoms with Gasteiger partial charge in [-0.15, -0.1) is 11.8 Å². The number of thioether (sulfide) groups is 1. The number of benzene rings is 1. The van der Waals surface area contributed by atoms with Crippen LogP contribution in [0, 0.1) is 0 Å². The van der Waals surface area contributed by atoms with E-state index in [0.29, 0.717) is 0 Å². The van der Waals surface area contributed by atoms with E-state index in [1.54, 1.807) is 11.8 Å². The third-order valence-corrected chi connectivity index (χ3v) is 3.11. The molecule has 0 saturated heterocycles. The Morgan fingerprint density at radius 2 is 1.59 bits per heavy atom. The van der Waals surface area contributed by atoms with E-state index in [0.717, 1.165) is 12.5 Å². The predicted octanol–water partition coefficient (Wildman–Crippen LogP) is 2.39. The maximum atomic E-state index is 4.61. The Kier molecular flexibility index (Phi) is 5.35. The summed E-state index contributed by atoms with van der Waals surface area (Å²) in [5.41, 5.74) is 1.24. The molecule has 0 N–H and O–H groups in total. The normalized spacial score (nSPS) is 9.94. The molecule has 4 heteroatoms. The van der Waals surface area contributed by atoms with Gasteiger partial charge >= 0.3 is 0 Å². The summed E-state index contributed by atoms with van der Waals surface area (Å²) in [7, 11) is 8.04. The van der Waals surface area contributed by atoms with Gasteiger partial charge in [0.1, 0.15) is 0 Å². The Hall–Kier alpha value is -1.16. The number of hydrogen-bond donors (Lipinski definition) is 0. The number of guanidine groups is 1. The summed E-state index contributed by atoms with van der Waals surface area (Å²) in [6, 6.07) is 8.55. The number of hydrogen-bond acceptors (Lipinski definition) is 2. The van der Waals surface area contributed by atoms with Crippen LogP contribution in [-0.4, -0.2) is 50.2 Å². The smallest absolute Gasteiger partial charge is 0.195 e. The number of rotatable bonds is 3. The van der Waals surface area contributed by atoms with Crippen LogP contribution >= 0.6 is 11.8 Å². The van der Waals surface area contributed by atoms with Crippen molar-refractivity contribution < 1.29 is 0 Å². The maximum absolute atomic E-state index is 4.61. The van der Waals surface area contributed by atoms with Gasteiger partial charge in [0.15, 0.2) is 5.96 Å². The molecule has 0 aliphatic carbocycles. The van der Waals surface area contributed by atoms with Gasteiger partial charge in [-0.2, -0.15) is 0 Å². The van der Waals surface area contributed by atoms with Crippen LogP contribution in [0.4, 0.5) is 0 Å². The van der Waals surface area contributed by atoms with E-state index in [1.807, 2.05) is 38.0 Å². The van der Waals surface area contributed by atoms with Gasteiger partial charge in [-0.25, -0.2) is 4.99 Å². The Morgan fingerprint density at radius 1 is 1.06 bits per heavy atom. The summed E-state index contributed by atoms with van der Waals surface area (Å²) in [5, 5.41) is 0. The van der Waals surface area contributed by atoms with Crippen molar-refractivity contribution in [3.8, 4) is 0 Å². The zero-order valence-corrected chi connectivity index (χ0v) is 12.1. The molecule has 0 radical (unpaired) electrons. The highest BCUT2D eigenvalue weighted by Gasteiger charge is 2.03. The summed E-state index contributed by atoms with van der Waals surface area (Å²) >= 11 is 1.76. The summed E-state index contributed by atoms with van der Waals surface area (Å²) in [6.07, 6.45) is 2.09. The van der Waals surface area contributed by atoms with Gasteiger partial charge < -0.3 is 9.80 Å². The Balaban J connectivity index is 2.73. The Morgan fingerprint density at radius 3 is 2.00 bits per heavy atom. The highest BCUT2D eigenvalue weighted by molar-refractivity contribution is 7.98. The summed E-state index contributed by atoms with van der Waals surface area (Å²) in [5.74, 6) is 0.985. The molecule has 1 rings (SSSR count). The Labute approximate surface area is 109 Å². The third kappa shape index (κ3) is 4.30. The SMILES string of the molecule is CSc1ccc(CN=C(N(C)C)N(C)C)cc1. The largest absolute Gasteiger partial charge is 0.349 e. The number of aliphatic imine (C=N–C) groups is 1. The molecule has 0 bridgehead atoms. The van der Waals surface area contributed by atoms with E-state index in [4.69, 9.17) is 0 Å². The van der Waals surface area contributed by atoms with Crippen molar-refractivity contribution in [2.45, 2.75) is 11.4 Å². The molecule has 0 aliphatic heterocycles. The first kappa shape index (κ1) is 13.9. The fourth-order valence-electron chi connectivity index (χ4n) is 1.58. The molecule has 0 aliphatic rings. The highest BCUT2D eigenvalue weighted by Crippen LogP contribution is 2.15. The van der Waals surface area contributed by atoms with Gasteiger partial charge in [0, 0.05) is 33.1 Å². The van der Waals surface area contributed by atoms with Gasteiger partial charge in [-0.05, 0) is 24.0 Å². The van der Waals surface area contributed by atoms with Crippen molar-refractivity contribution in [3.05, 3.63) is 29.8 Å². The van der Waals surface area contributed by atoms with Crippen LogP contribution in [0.3, 0.4) is 0 Å². The molecule has 0 heterocycles. The molecule has 0 amide bonds. The summed E-state index contributed by atoms with van der Waals surface area (Å²) in [4.78, 5) is 9.95. The van der Waals surface area contributed by atoms with Crippen LogP contribution in [0.1, 0.15) is 5.56 Å². The second-order valence-electron chi connectivity index (χ2n) is 4.25. The highest BCUT2D eigenvalue weighted by atomic mass is 32.2. The van der Waals surface area contributed by atoms with Crippen LogP contribution < -0.4 is 0 Å². The van der Waals surface area contributed by atoms with Crippen molar-refractivity contribution in [1.29, 1.82) is 0 Å². The van der Waals surface area contributed by atoms with E-state index in [9.17, 15) is 0 Å². The lowest BCUT2D eigenvalue weighted by molar-refractivity contribution is 0.479. The molecule has 0 aromatic heterocycles. The lowest BCUT2D eigenvalue weighted by atomic mass is 10.2. The van der Waals surface area contributed by atoms with Crippen LogP contribution in [0.2, 0.25) is 0 Å². The first-order valence-corrected chi connectivity index (χ1v) is 6.79. The first-order valence-electron chi connectivity index (χ1n) is 5.56. The quantitative estimate of drug-likeness (QED) is 0.467. The fourth-order valence-corrected chi connectivity index (χ4v) is 1.98. The molecule has 3 nitrogen and oxygen atoms in total. The molecular weight excluding hydrogens is 230 g/mol. The summed E-state index contributed by atoms with van der Waals surface area (Å²) < 4.78 is 0. The van der Waals surface area contributed by atoms with E-state index in [1.165, 1.54) is 10.5 Å². The minimum absolute atomic E-state index is 0.723. The maximum Gasteiger partial charge on any atom is 0.195 e. The summed E-state index contributed by atoms with van der Waals surface area (Å²) in [6.45, 7) is 0.723. The molecule has 17 heavy (non-hydrogen) atoms. The lowest BCUT2D eigenvalue weighted by Crippen LogP contribution is -2.35. The average molecular weight is 251 g/mol. The van der Waals surface area contributed by atoms with E-state index in [-0.39, 0.29) is 0 Å². The van der Waals surface area contributed by atoms with E-state index < -0.39 is 0 Å². The molecule has 0 unspecified atom stereocenters. The standard InChI is InChI=1S/C13H21N3S/c1-15(2)13(16(3)4)14-10-11-6-8-12(17-5)9-7-11/h6-9H,10H2,1-5H3. The third-order valence-electron chi connectivity index (χ3n) is 2.36.